The summed E-state index contributed by atoms with van der Waals surface area (Å²) in [5, 5.41) is 16.4. The van der Waals surface area contributed by atoms with Crippen LogP contribution in [0.3, 0.4) is 0 Å². The summed E-state index contributed by atoms with van der Waals surface area (Å²) in [7, 11) is 0. The second kappa shape index (κ2) is 13.9. The number of benzene rings is 10. The molecule has 0 bridgehead atoms. The van der Waals surface area contributed by atoms with E-state index in [1.54, 1.807) is 0 Å². The largest absolute Gasteiger partial charge is 0.0770 e. The van der Waals surface area contributed by atoms with Gasteiger partial charge < -0.3 is 0 Å². The van der Waals surface area contributed by atoms with Gasteiger partial charge in [-0.1, -0.05) is 171 Å². The minimum atomic E-state index is 0.281. The standard InChI is InChI=1S/C66H50/c1-6-40-22-28-52-59-32-53(54-29-36(2)15-24-47(54)57(59)35-62-46-12-8-10-14-50(46)64(40)66(52)62)42-20-18-41(19-21-42)43-23-27-44(39(5)31-43)56-33-60-51-26-17-38(4)63-49-13-9-7-11-45(49)61(65(51)63)34-58(60)48-25-16-37(3)30-55(48)56/h7-18,20-35,39,41,44H,6,19H2,1-5H3. The average Bonchev–Trinajstić information content (AvgIpc) is 3.86. The normalized spacial score (nSPS) is 18.0. The van der Waals surface area contributed by atoms with E-state index in [0.717, 1.165) is 12.8 Å². The van der Waals surface area contributed by atoms with Gasteiger partial charge in [-0.15, -0.1) is 0 Å². The minimum Gasteiger partial charge on any atom is -0.0770 e. The predicted molar refractivity (Wildman–Crippen MR) is 285 cm³/mol. The molecule has 0 aliphatic heterocycles. The molecule has 0 nitrogen and oxygen atoms in total. The molecule has 0 N–H and O–H groups in total. The maximum Gasteiger partial charge on any atom is 0.00879 e. The summed E-state index contributed by atoms with van der Waals surface area (Å²) >= 11 is 0. The Morgan fingerprint density at radius 2 is 1.05 bits per heavy atom. The smallest absolute Gasteiger partial charge is 0.00879 e. The van der Waals surface area contributed by atoms with Crippen LogP contribution in [0, 0.1) is 32.6 Å². The van der Waals surface area contributed by atoms with Gasteiger partial charge in [-0.2, -0.15) is 0 Å². The summed E-state index contributed by atoms with van der Waals surface area (Å²) in [6.07, 6.45) is 17.0. The molecule has 0 aromatic heterocycles. The Hall–Kier alpha value is -7.28. The lowest BCUT2D eigenvalue weighted by Crippen LogP contribution is -2.13. The number of rotatable bonds is 4. The maximum absolute atomic E-state index is 2.58. The molecule has 10 aromatic carbocycles. The monoisotopic (exact) mass is 842 g/mol. The lowest BCUT2D eigenvalue weighted by molar-refractivity contribution is 0.618. The van der Waals surface area contributed by atoms with E-state index >= 15 is 0 Å². The van der Waals surface area contributed by atoms with Gasteiger partial charge in [0.15, 0.2) is 0 Å². The molecule has 66 heavy (non-hydrogen) atoms. The molecule has 0 heterocycles. The highest BCUT2D eigenvalue weighted by atomic mass is 14.3. The second-order valence-corrected chi connectivity index (χ2v) is 19.9. The first kappa shape index (κ1) is 38.0. The highest BCUT2D eigenvalue weighted by Gasteiger charge is 2.30. The van der Waals surface area contributed by atoms with E-state index in [0.29, 0.717) is 11.8 Å². The number of hydrogen-bond acceptors (Lipinski definition) is 0. The van der Waals surface area contributed by atoms with Gasteiger partial charge in [0.2, 0.25) is 0 Å². The molecular weight excluding hydrogens is 793 g/mol. The van der Waals surface area contributed by atoms with Crippen molar-refractivity contribution >= 4 is 70.2 Å². The van der Waals surface area contributed by atoms with Crippen LogP contribution >= 0.6 is 0 Å². The van der Waals surface area contributed by atoms with Crippen molar-refractivity contribution in [1.29, 1.82) is 0 Å². The molecular formula is C66H50. The van der Waals surface area contributed by atoms with Gasteiger partial charge in [-0.25, -0.2) is 0 Å². The third-order valence-electron chi connectivity index (χ3n) is 16.2. The molecule has 10 aromatic rings. The van der Waals surface area contributed by atoms with Crippen molar-refractivity contribution < 1.29 is 0 Å². The molecule has 0 heteroatoms. The second-order valence-electron chi connectivity index (χ2n) is 19.9. The fourth-order valence-corrected chi connectivity index (χ4v) is 13.0. The highest BCUT2D eigenvalue weighted by molar-refractivity contribution is 6.30. The molecule has 0 spiro atoms. The van der Waals surface area contributed by atoms with Crippen molar-refractivity contribution in [3.05, 3.63) is 209 Å². The van der Waals surface area contributed by atoms with Crippen molar-refractivity contribution in [2.24, 2.45) is 11.8 Å². The van der Waals surface area contributed by atoms with Crippen LogP contribution in [0.2, 0.25) is 0 Å². The Balaban J connectivity index is 0.838. The number of fused-ring (bicyclic) bond motifs is 14. The van der Waals surface area contributed by atoms with Crippen molar-refractivity contribution in [2.75, 3.05) is 0 Å². The van der Waals surface area contributed by atoms with E-state index in [9.17, 15) is 0 Å². The molecule has 0 saturated carbocycles. The number of hydrogen-bond donors (Lipinski definition) is 0. The molecule has 0 radical (unpaired) electrons. The van der Waals surface area contributed by atoms with Crippen molar-refractivity contribution in [3.63, 3.8) is 0 Å². The van der Waals surface area contributed by atoms with Crippen LogP contribution in [-0.4, -0.2) is 0 Å². The van der Waals surface area contributed by atoms with Crippen molar-refractivity contribution in [3.8, 4) is 44.5 Å². The first-order valence-corrected chi connectivity index (χ1v) is 24.2. The minimum absolute atomic E-state index is 0.281. The molecule has 4 aliphatic rings. The first-order chi connectivity index (χ1) is 32.3. The molecule has 314 valence electrons. The zero-order chi connectivity index (χ0) is 44.1. The quantitative estimate of drug-likeness (QED) is 0.155. The zero-order valence-corrected chi connectivity index (χ0v) is 38.3. The lowest BCUT2D eigenvalue weighted by atomic mass is 9.76. The molecule has 4 aliphatic carbocycles. The van der Waals surface area contributed by atoms with Gasteiger partial charge in [0, 0.05) is 11.8 Å². The summed E-state index contributed by atoms with van der Waals surface area (Å²) in [6.45, 7) is 11.5. The maximum atomic E-state index is 2.58. The Morgan fingerprint density at radius 3 is 1.71 bits per heavy atom. The van der Waals surface area contributed by atoms with E-state index in [1.807, 2.05) is 0 Å². The van der Waals surface area contributed by atoms with Crippen LogP contribution in [0.25, 0.3) is 115 Å². The van der Waals surface area contributed by atoms with Gasteiger partial charge in [0.1, 0.15) is 0 Å². The predicted octanol–water partition coefficient (Wildman–Crippen LogP) is 18.3. The van der Waals surface area contributed by atoms with Gasteiger partial charge in [-0.3, -0.25) is 0 Å². The molecule has 0 fully saturated rings. The Kier molecular flexibility index (Phi) is 7.99. The fraction of sp³-hybridized carbons (Fsp3) is 0.152. The Morgan fingerprint density at radius 1 is 0.470 bits per heavy atom. The van der Waals surface area contributed by atoms with Crippen LogP contribution in [0.15, 0.2) is 175 Å². The Labute approximate surface area is 386 Å². The van der Waals surface area contributed by atoms with Crippen LogP contribution in [0.1, 0.15) is 59.6 Å². The van der Waals surface area contributed by atoms with E-state index in [-0.39, 0.29) is 5.92 Å². The van der Waals surface area contributed by atoms with Gasteiger partial charge in [-0.05, 0) is 206 Å². The summed E-state index contributed by atoms with van der Waals surface area (Å²) in [6, 6.07) is 51.8. The van der Waals surface area contributed by atoms with Crippen LogP contribution in [0.4, 0.5) is 0 Å². The van der Waals surface area contributed by atoms with Crippen molar-refractivity contribution in [1.82, 2.24) is 0 Å². The lowest BCUT2D eigenvalue weighted by Gasteiger charge is -2.28. The van der Waals surface area contributed by atoms with Crippen LogP contribution in [-0.2, 0) is 6.42 Å². The SMILES string of the molecule is CCc1ccc2c3c(cc4c5ccc(C)cc5c(C5=CCC(C6=CC(C)C(c7cc8c9ccc(C)c%10c9c(cc8c8ccc(C)cc78)-c7ccccc7-%10)C=C6)C=C5)cc24)-c2ccccc2-c13. The highest BCUT2D eigenvalue weighted by Crippen LogP contribution is 2.54. The number of aryl methyl sites for hydroxylation is 4. The first-order valence-electron chi connectivity index (χ1n) is 24.2. The summed E-state index contributed by atoms with van der Waals surface area (Å²) in [4.78, 5) is 0. The molecule has 0 saturated heterocycles. The zero-order valence-electron chi connectivity index (χ0n) is 38.3. The van der Waals surface area contributed by atoms with E-state index in [4.69, 9.17) is 0 Å². The number of allylic oxidation sites excluding steroid dienone is 8. The van der Waals surface area contributed by atoms with E-state index < -0.39 is 0 Å². The fourth-order valence-electron chi connectivity index (χ4n) is 13.0. The third kappa shape index (κ3) is 5.22. The van der Waals surface area contributed by atoms with Gasteiger partial charge in [0.05, 0.1) is 0 Å². The van der Waals surface area contributed by atoms with Crippen LogP contribution < -0.4 is 0 Å². The van der Waals surface area contributed by atoms with Crippen molar-refractivity contribution in [2.45, 2.75) is 53.4 Å². The van der Waals surface area contributed by atoms with Gasteiger partial charge in [0.25, 0.3) is 0 Å². The molecule has 3 atom stereocenters. The Bertz CT molecular complexity index is 3990. The summed E-state index contributed by atoms with van der Waals surface area (Å²) in [5.74, 6) is 0.977. The third-order valence-corrected chi connectivity index (χ3v) is 16.2. The van der Waals surface area contributed by atoms with Gasteiger partial charge >= 0.3 is 0 Å². The molecule has 14 rings (SSSR count). The van der Waals surface area contributed by atoms with E-state index in [1.165, 1.54) is 154 Å². The summed E-state index contributed by atoms with van der Waals surface area (Å²) in [5.41, 5.74) is 22.0. The summed E-state index contributed by atoms with van der Waals surface area (Å²) < 4.78 is 0. The average molecular weight is 843 g/mol. The van der Waals surface area contributed by atoms with Crippen LogP contribution in [0.5, 0.6) is 0 Å². The topological polar surface area (TPSA) is 0 Å². The molecule has 3 unspecified atom stereocenters. The van der Waals surface area contributed by atoms with E-state index in [2.05, 4.69) is 205 Å². The molecule has 0 amide bonds.